The maximum Gasteiger partial charge on any atom is 0.573 e. The zero-order valence-corrected chi connectivity index (χ0v) is 20.8. The number of ether oxygens (including phenoxy) is 5. The molecule has 0 bridgehead atoms. The summed E-state index contributed by atoms with van der Waals surface area (Å²) in [5, 5.41) is 9.24. The maximum atomic E-state index is 13.8. The monoisotopic (exact) mass is 575 g/mol. The number of carbonyl (C=O) groups excluding carboxylic acids is 2. The summed E-state index contributed by atoms with van der Waals surface area (Å²) in [6, 6.07) is 1.60. The number of nitrogens with zero attached hydrogens (tertiary/aromatic N) is 1. The number of esters is 1. The van der Waals surface area contributed by atoms with Gasteiger partial charge in [-0.1, -0.05) is 20.8 Å². The average Bonchev–Trinajstić information content (AvgIpc) is 2.78. The van der Waals surface area contributed by atoms with Crippen molar-refractivity contribution in [3.8, 4) is 11.5 Å². The van der Waals surface area contributed by atoms with Crippen LogP contribution >= 0.6 is 0 Å². The van der Waals surface area contributed by atoms with Crippen molar-refractivity contribution in [2.45, 2.75) is 59.0 Å². The molecule has 2 unspecified atom stereocenters. The van der Waals surface area contributed by atoms with Crippen LogP contribution in [0.5, 0.6) is 11.5 Å². The van der Waals surface area contributed by atoms with Gasteiger partial charge in [0.1, 0.15) is 24.7 Å². The van der Waals surface area contributed by atoms with E-state index in [0.29, 0.717) is 6.08 Å². The van der Waals surface area contributed by atoms with Gasteiger partial charge < -0.3 is 28.5 Å². The molecular weight excluding hydrogens is 552 g/mol. The van der Waals surface area contributed by atoms with Crippen LogP contribution in [0.1, 0.15) is 38.8 Å². The topological polar surface area (TPSA) is 133 Å². The fourth-order valence-corrected chi connectivity index (χ4v) is 3.16. The Morgan fingerprint density at radius 2 is 1.74 bits per heavy atom. The van der Waals surface area contributed by atoms with Gasteiger partial charge in [0, 0.05) is 17.9 Å². The minimum atomic E-state index is -5.14. The Labute approximate surface area is 216 Å². The third kappa shape index (κ3) is 9.40. The molecule has 0 spiro atoms. The second-order valence-corrected chi connectivity index (χ2v) is 8.83. The summed E-state index contributed by atoms with van der Waals surface area (Å²) in [5.74, 6) is -2.80. The van der Waals surface area contributed by atoms with Gasteiger partial charge in [-0.15, -0.1) is 23.3 Å². The van der Waals surface area contributed by atoms with Crippen molar-refractivity contribution in [3.05, 3.63) is 38.9 Å². The van der Waals surface area contributed by atoms with E-state index in [9.17, 15) is 46.0 Å². The summed E-state index contributed by atoms with van der Waals surface area (Å²) < 4.78 is 102. The molecule has 1 aromatic rings. The zero-order chi connectivity index (χ0) is 29.8. The van der Waals surface area contributed by atoms with Gasteiger partial charge in [0.15, 0.2) is 0 Å². The average molecular weight is 575 g/mol. The third-order valence-electron chi connectivity index (χ3n) is 4.82. The van der Waals surface area contributed by atoms with Crippen LogP contribution in [0.3, 0.4) is 0 Å². The molecule has 0 fully saturated rings. The molecule has 0 aliphatic carbocycles. The van der Waals surface area contributed by atoms with Crippen LogP contribution in [-0.4, -0.2) is 55.4 Å². The number of fused-ring (bicyclic) bond motifs is 1. The molecule has 11 nitrogen and oxygen atoms in total. The molecule has 1 aromatic carbocycles. The quantitative estimate of drug-likeness (QED) is 0.122. The van der Waals surface area contributed by atoms with E-state index in [0.717, 1.165) is 19.1 Å². The van der Waals surface area contributed by atoms with Crippen molar-refractivity contribution in [1.82, 2.24) is 0 Å². The zero-order valence-electron chi connectivity index (χ0n) is 20.8. The Balaban J connectivity index is 2.20. The van der Waals surface area contributed by atoms with E-state index in [1.165, 1.54) is 20.8 Å². The molecule has 0 radical (unpaired) electrons. The fraction of sp³-hybridized carbons (Fsp3) is 0.545. The van der Waals surface area contributed by atoms with Crippen LogP contribution in [-0.2, 0) is 30.3 Å². The number of alkyl halides is 6. The molecule has 0 saturated carbocycles. The van der Waals surface area contributed by atoms with Crippen LogP contribution in [0.2, 0.25) is 0 Å². The molecule has 0 amide bonds. The van der Waals surface area contributed by atoms with E-state index in [1.807, 2.05) is 0 Å². The van der Waals surface area contributed by atoms with Crippen molar-refractivity contribution >= 4 is 18.2 Å². The first-order valence-electron chi connectivity index (χ1n) is 11.0. The van der Waals surface area contributed by atoms with Crippen LogP contribution in [0, 0.1) is 15.5 Å². The van der Waals surface area contributed by atoms with Gasteiger partial charge in [-0.25, -0.2) is 9.59 Å². The van der Waals surface area contributed by atoms with E-state index in [2.05, 4.69) is 14.3 Å². The largest absolute Gasteiger partial charge is 0.573 e. The van der Waals surface area contributed by atoms with Crippen molar-refractivity contribution < 1.29 is 69.5 Å². The Kier molecular flexibility index (Phi) is 9.52. The number of hydrogen-bond acceptors (Lipinski definition) is 10. The minimum absolute atomic E-state index is 0.0302. The molecule has 0 N–H and O–H groups in total. The van der Waals surface area contributed by atoms with E-state index in [1.54, 1.807) is 0 Å². The highest BCUT2D eigenvalue weighted by Crippen LogP contribution is 2.42. The molecule has 0 saturated heterocycles. The highest BCUT2D eigenvalue weighted by molar-refractivity contribution is 5.96. The SMILES string of the molecule is CCc1cc(OC(F)(F)F)cc2c1OC(C(F)(F)F)C(C(=O)OC(C)OC(=O)OCC(C)(C)CO[N+](=O)[O-])=C2. The van der Waals surface area contributed by atoms with Gasteiger partial charge in [-0.2, -0.15) is 13.2 Å². The van der Waals surface area contributed by atoms with Crippen molar-refractivity contribution in [2.75, 3.05) is 13.2 Å². The Morgan fingerprint density at radius 3 is 2.28 bits per heavy atom. The minimum Gasteiger partial charge on any atom is -0.475 e. The number of rotatable bonds is 10. The molecule has 0 aromatic heterocycles. The molecule has 2 rings (SSSR count). The van der Waals surface area contributed by atoms with Crippen LogP contribution in [0.4, 0.5) is 31.1 Å². The summed E-state index contributed by atoms with van der Waals surface area (Å²) in [6.45, 7) is 4.46. The predicted octanol–water partition coefficient (Wildman–Crippen LogP) is 5.13. The first kappa shape index (κ1) is 31.3. The standard InChI is InChI=1S/C22H23F6NO10/c1-5-12-6-14(39-22(26,27)28)7-13-8-15(17(21(23,24)25)38-16(12)13)18(30)36-11(2)37-19(31)34-9-20(3,4)10-35-29(32)33/h6-8,11,17H,5,9-10H2,1-4H3. The van der Waals surface area contributed by atoms with Crippen molar-refractivity contribution in [2.24, 2.45) is 5.41 Å². The number of benzene rings is 1. The third-order valence-corrected chi connectivity index (χ3v) is 4.82. The Hall–Kier alpha value is -3.92. The van der Waals surface area contributed by atoms with E-state index >= 15 is 0 Å². The molecular formula is C22H23F6NO10. The summed E-state index contributed by atoms with van der Waals surface area (Å²) >= 11 is 0. The van der Waals surface area contributed by atoms with Crippen molar-refractivity contribution in [1.29, 1.82) is 0 Å². The lowest BCUT2D eigenvalue weighted by Crippen LogP contribution is -2.41. The van der Waals surface area contributed by atoms with Crippen molar-refractivity contribution in [3.63, 3.8) is 0 Å². The van der Waals surface area contributed by atoms with Gasteiger partial charge in [-0.05, 0) is 30.2 Å². The molecule has 1 aliphatic rings. The predicted molar refractivity (Wildman–Crippen MR) is 116 cm³/mol. The number of hydrogen-bond donors (Lipinski definition) is 0. The highest BCUT2D eigenvalue weighted by atomic mass is 19.4. The molecule has 1 aliphatic heterocycles. The molecule has 17 heteroatoms. The summed E-state index contributed by atoms with van der Waals surface area (Å²) in [6.07, 6.45) is -15.7. The van der Waals surface area contributed by atoms with Crippen LogP contribution < -0.4 is 9.47 Å². The smallest absolute Gasteiger partial charge is 0.475 e. The normalized spacial score (nSPS) is 16.2. The van der Waals surface area contributed by atoms with Gasteiger partial charge in [0.25, 0.3) is 5.09 Å². The second kappa shape index (κ2) is 11.9. The summed E-state index contributed by atoms with van der Waals surface area (Å²) in [4.78, 5) is 38.9. The summed E-state index contributed by atoms with van der Waals surface area (Å²) in [5.41, 5.74) is -2.53. The number of aryl methyl sites for hydroxylation is 1. The number of carbonyl (C=O) groups is 2. The van der Waals surface area contributed by atoms with Crippen LogP contribution in [0.25, 0.3) is 6.08 Å². The van der Waals surface area contributed by atoms with Crippen LogP contribution in [0.15, 0.2) is 17.7 Å². The Morgan fingerprint density at radius 1 is 1.10 bits per heavy atom. The summed E-state index contributed by atoms with van der Waals surface area (Å²) in [7, 11) is 0. The second-order valence-electron chi connectivity index (χ2n) is 8.83. The fourth-order valence-electron chi connectivity index (χ4n) is 3.16. The number of halogens is 6. The molecule has 39 heavy (non-hydrogen) atoms. The molecule has 2 atom stereocenters. The van der Waals surface area contributed by atoms with Gasteiger partial charge >= 0.3 is 24.7 Å². The lowest BCUT2D eigenvalue weighted by atomic mass is 9.97. The van der Waals surface area contributed by atoms with E-state index in [-0.39, 0.29) is 17.5 Å². The lowest BCUT2D eigenvalue weighted by Gasteiger charge is -2.30. The highest BCUT2D eigenvalue weighted by Gasteiger charge is 2.49. The van der Waals surface area contributed by atoms with Gasteiger partial charge in [0.2, 0.25) is 12.4 Å². The first-order valence-corrected chi connectivity index (χ1v) is 11.0. The van der Waals surface area contributed by atoms with Gasteiger partial charge in [-0.3, -0.25) is 0 Å². The first-order chi connectivity index (χ1) is 17.8. The molecule has 218 valence electrons. The maximum absolute atomic E-state index is 13.8. The lowest BCUT2D eigenvalue weighted by molar-refractivity contribution is -0.760. The van der Waals surface area contributed by atoms with Gasteiger partial charge in [0.05, 0.1) is 5.57 Å². The van der Waals surface area contributed by atoms with E-state index in [4.69, 9.17) is 14.2 Å². The molecule has 1 heterocycles. The van der Waals surface area contributed by atoms with E-state index < -0.39 is 77.8 Å². The Bertz CT molecular complexity index is 1120.